The highest BCUT2D eigenvalue weighted by Crippen LogP contribution is 2.39. The van der Waals surface area contributed by atoms with E-state index >= 15 is 0 Å². The van der Waals surface area contributed by atoms with Gasteiger partial charge in [0.2, 0.25) is 10.0 Å². The van der Waals surface area contributed by atoms with Crippen molar-refractivity contribution in [1.29, 1.82) is 0 Å². The summed E-state index contributed by atoms with van der Waals surface area (Å²) in [7, 11) is -3.31. The molecular weight excluding hydrogens is 312 g/mol. The van der Waals surface area contributed by atoms with Crippen LogP contribution >= 0.6 is 0 Å². The highest BCUT2D eigenvalue weighted by molar-refractivity contribution is 7.93. The van der Waals surface area contributed by atoms with Crippen molar-refractivity contribution in [3.8, 4) is 0 Å². The minimum Gasteiger partial charge on any atom is -0.381 e. The molecule has 0 aromatic heterocycles. The molecule has 2 fully saturated rings. The fourth-order valence-corrected chi connectivity index (χ4v) is 5.53. The third kappa shape index (κ3) is 2.94. The molecule has 3 aliphatic rings. The first-order chi connectivity index (χ1) is 11.2. The average molecular weight is 336 g/mol. The molecular formula is C17H24N2O3S. The Balaban J connectivity index is 1.63. The second kappa shape index (κ2) is 5.98. The summed E-state index contributed by atoms with van der Waals surface area (Å²) >= 11 is 0. The Labute approximate surface area is 138 Å². The van der Waals surface area contributed by atoms with Crippen LogP contribution in [0.25, 0.3) is 0 Å². The minimum atomic E-state index is -3.31. The van der Waals surface area contributed by atoms with E-state index in [-0.39, 0.29) is 5.25 Å². The van der Waals surface area contributed by atoms with Gasteiger partial charge in [-0.2, -0.15) is 0 Å². The summed E-state index contributed by atoms with van der Waals surface area (Å²) in [6.07, 6.45) is 3.82. The zero-order valence-corrected chi connectivity index (χ0v) is 14.2. The van der Waals surface area contributed by atoms with Crippen LogP contribution in [0.1, 0.15) is 25.7 Å². The second-order valence-corrected chi connectivity index (χ2v) is 8.94. The van der Waals surface area contributed by atoms with Crippen LogP contribution in [-0.4, -0.2) is 46.5 Å². The van der Waals surface area contributed by atoms with E-state index < -0.39 is 10.0 Å². The van der Waals surface area contributed by atoms with Crippen LogP contribution in [0.2, 0.25) is 0 Å². The van der Waals surface area contributed by atoms with Crippen molar-refractivity contribution >= 4 is 21.4 Å². The lowest BCUT2D eigenvalue weighted by Crippen LogP contribution is -2.48. The van der Waals surface area contributed by atoms with Gasteiger partial charge in [-0.05, 0) is 43.7 Å². The molecule has 0 radical (unpaired) electrons. The van der Waals surface area contributed by atoms with Crippen molar-refractivity contribution in [3.05, 3.63) is 24.3 Å². The molecule has 0 unspecified atom stereocenters. The maximum absolute atomic E-state index is 13.1. The number of benzene rings is 1. The topological polar surface area (TPSA) is 49.9 Å². The lowest BCUT2D eigenvalue weighted by Gasteiger charge is -2.40. The molecule has 5 nitrogen and oxygen atoms in total. The van der Waals surface area contributed by atoms with Crippen LogP contribution in [0.3, 0.4) is 0 Å². The van der Waals surface area contributed by atoms with Crippen molar-refractivity contribution in [2.24, 2.45) is 5.92 Å². The number of para-hydroxylation sites is 2. The molecule has 23 heavy (non-hydrogen) atoms. The van der Waals surface area contributed by atoms with Gasteiger partial charge >= 0.3 is 0 Å². The fraction of sp³-hybridized carbons (Fsp3) is 0.647. The van der Waals surface area contributed by atoms with Gasteiger partial charge in [0, 0.05) is 26.3 Å². The average Bonchev–Trinajstić information content (AvgIpc) is 3.40. The zero-order valence-electron chi connectivity index (χ0n) is 13.4. The number of rotatable bonds is 4. The number of anilines is 2. The fourth-order valence-electron chi connectivity index (χ4n) is 3.61. The zero-order chi connectivity index (χ0) is 15.9. The van der Waals surface area contributed by atoms with Gasteiger partial charge in [-0.1, -0.05) is 12.1 Å². The maximum Gasteiger partial charge on any atom is 0.238 e. The summed E-state index contributed by atoms with van der Waals surface area (Å²) in [6, 6.07) is 7.95. The van der Waals surface area contributed by atoms with Crippen molar-refractivity contribution in [3.63, 3.8) is 0 Å². The molecule has 6 heteroatoms. The number of nitrogens with zero attached hydrogens (tertiary/aromatic N) is 2. The molecule has 0 bridgehead atoms. The molecule has 0 spiro atoms. The first-order valence-corrected chi connectivity index (χ1v) is 10.1. The van der Waals surface area contributed by atoms with Crippen molar-refractivity contribution in [2.75, 3.05) is 42.1 Å². The first kappa shape index (κ1) is 15.3. The molecule has 1 aliphatic carbocycles. The number of sulfonamides is 1. The van der Waals surface area contributed by atoms with Crippen LogP contribution in [0, 0.1) is 5.92 Å². The summed E-state index contributed by atoms with van der Waals surface area (Å²) in [5.74, 6) is 0.793. The van der Waals surface area contributed by atoms with Crippen molar-refractivity contribution < 1.29 is 13.2 Å². The van der Waals surface area contributed by atoms with Crippen LogP contribution < -0.4 is 9.21 Å². The second-order valence-electron chi connectivity index (χ2n) is 6.81. The monoisotopic (exact) mass is 336 g/mol. The van der Waals surface area contributed by atoms with Crippen LogP contribution in [0.15, 0.2) is 24.3 Å². The molecule has 0 amide bonds. The predicted molar refractivity (Wildman–Crippen MR) is 91.5 cm³/mol. The van der Waals surface area contributed by atoms with E-state index in [2.05, 4.69) is 11.0 Å². The maximum atomic E-state index is 13.1. The number of hydrogen-bond donors (Lipinski definition) is 0. The molecule has 1 aromatic rings. The summed E-state index contributed by atoms with van der Waals surface area (Å²) in [6.45, 7) is 3.50. The summed E-state index contributed by atoms with van der Waals surface area (Å²) in [4.78, 5) is 2.36. The van der Waals surface area contributed by atoms with Crippen molar-refractivity contribution in [1.82, 2.24) is 0 Å². The van der Waals surface area contributed by atoms with E-state index in [9.17, 15) is 8.42 Å². The summed E-state index contributed by atoms with van der Waals surface area (Å²) in [5, 5.41) is -0.306. The number of fused-ring (bicyclic) bond motifs is 1. The first-order valence-electron chi connectivity index (χ1n) is 8.59. The van der Waals surface area contributed by atoms with Crippen molar-refractivity contribution in [2.45, 2.75) is 30.9 Å². The molecule has 2 heterocycles. The Morgan fingerprint density at radius 3 is 2.39 bits per heavy atom. The molecule has 126 valence electrons. The smallest absolute Gasteiger partial charge is 0.238 e. The van der Waals surface area contributed by atoms with E-state index in [4.69, 9.17) is 4.74 Å². The van der Waals surface area contributed by atoms with E-state index in [0.29, 0.717) is 32.6 Å². The molecule has 1 saturated heterocycles. The van der Waals surface area contributed by atoms with E-state index in [1.807, 2.05) is 18.2 Å². The predicted octanol–water partition coefficient (Wildman–Crippen LogP) is 2.23. The SMILES string of the molecule is O=S(=O)(C1CCOCC1)N1CCN(CC2CC2)c2ccccc21. The van der Waals surface area contributed by atoms with E-state index in [1.165, 1.54) is 12.8 Å². The van der Waals surface area contributed by atoms with Gasteiger partial charge < -0.3 is 9.64 Å². The lowest BCUT2D eigenvalue weighted by molar-refractivity contribution is 0.0983. The van der Waals surface area contributed by atoms with Gasteiger partial charge in [-0.15, -0.1) is 0 Å². The van der Waals surface area contributed by atoms with E-state index in [1.54, 1.807) is 4.31 Å². The molecule has 1 saturated carbocycles. The molecule has 0 N–H and O–H groups in total. The summed E-state index contributed by atoms with van der Waals surface area (Å²) < 4.78 is 33.2. The van der Waals surface area contributed by atoms with Crippen LogP contribution in [0.5, 0.6) is 0 Å². The number of ether oxygens (including phenoxy) is 1. The molecule has 1 aromatic carbocycles. The van der Waals surface area contributed by atoms with Gasteiger partial charge in [0.25, 0.3) is 0 Å². The molecule has 4 rings (SSSR count). The number of hydrogen-bond acceptors (Lipinski definition) is 4. The lowest BCUT2D eigenvalue weighted by atomic mass is 10.2. The van der Waals surface area contributed by atoms with Gasteiger partial charge in [0.15, 0.2) is 0 Å². The van der Waals surface area contributed by atoms with Crippen LogP contribution in [-0.2, 0) is 14.8 Å². The quantitative estimate of drug-likeness (QED) is 0.846. The normalized spacial score (nSPS) is 23.0. The Morgan fingerprint density at radius 1 is 1.00 bits per heavy atom. The Morgan fingerprint density at radius 2 is 1.70 bits per heavy atom. The third-order valence-corrected chi connectivity index (χ3v) is 7.44. The highest BCUT2D eigenvalue weighted by Gasteiger charge is 2.38. The Hall–Kier alpha value is -1.27. The molecule has 0 atom stereocenters. The Bertz CT molecular complexity index is 666. The Kier molecular flexibility index (Phi) is 3.97. The van der Waals surface area contributed by atoms with Gasteiger partial charge in [-0.25, -0.2) is 8.42 Å². The van der Waals surface area contributed by atoms with Gasteiger partial charge in [0.05, 0.1) is 23.2 Å². The third-order valence-electron chi connectivity index (χ3n) is 5.14. The van der Waals surface area contributed by atoms with Gasteiger partial charge in [0.1, 0.15) is 0 Å². The largest absolute Gasteiger partial charge is 0.381 e. The van der Waals surface area contributed by atoms with Gasteiger partial charge in [-0.3, -0.25) is 4.31 Å². The molecule has 2 aliphatic heterocycles. The standard InChI is InChI=1S/C17H24N2O3S/c20-23(21,15-7-11-22-12-8-15)19-10-9-18(13-14-5-6-14)16-3-1-2-4-17(16)19/h1-4,14-15H,5-13H2. The highest BCUT2D eigenvalue weighted by atomic mass is 32.2. The van der Waals surface area contributed by atoms with Crippen LogP contribution in [0.4, 0.5) is 11.4 Å². The minimum absolute atomic E-state index is 0.306. The summed E-state index contributed by atoms with van der Waals surface area (Å²) in [5.41, 5.74) is 1.92. The van der Waals surface area contributed by atoms with E-state index in [0.717, 1.165) is 30.4 Å².